The average molecular weight is 571 g/mol. The molecule has 3 heterocycles. The van der Waals surface area contributed by atoms with Gasteiger partial charge in [0.05, 0.1) is 24.0 Å². The third-order valence-electron chi connectivity index (χ3n) is 8.20. The van der Waals surface area contributed by atoms with Crippen molar-refractivity contribution < 1.29 is 18.0 Å². The van der Waals surface area contributed by atoms with Gasteiger partial charge in [-0.15, -0.1) is 0 Å². The number of carbonyl (C=O) groups is 1. The van der Waals surface area contributed by atoms with E-state index in [0.717, 1.165) is 52.7 Å². The van der Waals surface area contributed by atoms with Gasteiger partial charge in [0, 0.05) is 35.4 Å². The van der Waals surface area contributed by atoms with E-state index in [1.807, 2.05) is 42.5 Å². The number of nitrogens with one attached hydrogen (secondary N) is 1. The van der Waals surface area contributed by atoms with Gasteiger partial charge in [0.2, 0.25) is 0 Å². The van der Waals surface area contributed by atoms with Crippen LogP contribution in [-0.4, -0.2) is 25.3 Å². The van der Waals surface area contributed by atoms with Crippen molar-refractivity contribution in [1.82, 2.24) is 19.5 Å². The molecule has 0 aliphatic heterocycles. The molecule has 0 bridgehead atoms. The van der Waals surface area contributed by atoms with Gasteiger partial charge in [0.15, 0.2) is 5.78 Å². The van der Waals surface area contributed by atoms with Crippen LogP contribution in [-0.2, 0) is 35.8 Å². The van der Waals surface area contributed by atoms with E-state index < -0.39 is 11.7 Å². The number of halogens is 3. The second-order valence-electron chi connectivity index (χ2n) is 11.0. The third kappa shape index (κ3) is 5.77. The number of aryl methyl sites for hydroxylation is 2. The highest BCUT2D eigenvalue weighted by molar-refractivity contribution is 5.81. The Balaban J connectivity index is 1.21. The lowest BCUT2D eigenvalue weighted by Gasteiger charge is -2.18. The standard InChI is InChI=1S/C33H29F3N4O2/c34-33(35,36)25-8-6-24(7-9-25)32(15-16-32)14-12-29-31(42)40(30(20-38-29)22-4-2-1-3-5-22)21-27(41)11-10-26-18-23-19-37-17-13-28(23)39-26/h1-9,13,17-20,39H,10-12,14-16,21H2. The molecule has 0 atom stereocenters. The van der Waals surface area contributed by atoms with Crippen LogP contribution in [0.5, 0.6) is 0 Å². The molecule has 5 aromatic rings. The van der Waals surface area contributed by atoms with Crippen LogP contribution in [0.2, 0.25) is 0 Å². The summed E-state index contributed by atoms with van der Waals surface area (Å²) in [6.07, 6.45) is 4.16. The van der Waals surface area contributed by atoms with Crippen molar-refractivity contribution >= 4 is 16.7 Å². The highest BCUT2D eigenvalue weighted by Gasteiger charge is 2.44. The number of fused-ring (bicyclic) bond motifs is 1. The summed E-state index contributed by atoms with van der Waals surface area (Å²) in [7, 11) is 0. The number of hydrogen-bond donors (Lipinski definition) is 1. The molecule has 0 amide bonds. The van der Waals surface area contributed by atoms with Crippen LogP contribution in [0.3, 0.4) is 0 Å². The SMILES string of the molecule is O=C(CCc1cc2cnccc2[nH]1)Cn1c(-c2ccccc2)cnc(CCC2(c3ccc(C(F)(F)F)cc3)CC2)c1=O. The van der Waals surface area contributed by atoms with Gasteiger partial charge in [0.25, 0.3) is 5.56 Å². The summed E-state index contributed by atoms with van der Waals surface area (Å²) >= 11 is 0. The zero-order valence-electron chi connectivity index (χ0n) is 22.8. The number of ketones is 1. The van der Waals surface area contributed by atoms with Crippen LogP contribution < -0.4 is 5.56 Å². The van der Waals surface area contributed by atoms with Gasteiger partial charge in [-0.3, -0.25) is 24.1 Å². The fraction of sp³-hybridized carbons (Fsp3) is 0.273. The lowest BCUT2D eigenvalue weighted by atomic mass is 9.89. The molecule has 1 N–H and O–H groups in total. The summed E-state index contributed by atoms with van der Waals surface area (Å²) in [6, 6.07) is 18.5. The molecule has 42 heavy (non-hydrogen) atoms. The van der Waals surface area contributed by atoms with E-state index in [9.17, 15) is 22.8 Å². The minimum Gasteiger partial charge on any atom is -0.358 e. The van der Waals surface area contributed by atoms with Crippen molar-refractivity contribution in [2.45, 2.75) is 56.7 Å². The number of benzene rings is 2. The maximum Gasteiger partial charge on any atom is 0.416 e. The van der Waals surface area contributed by atoms with Crippen LogP contribution in [0.1, 0.15) is 48.2 Å². The number of nitrogens with zero attached hydrogens (tertiary/aromatic N) is 3. The van der Waals surface area contributed by atoms with E-state index in [1.54, 1.807) is 30.7 Å². The maximum absolute atomic E-state index is 13.7. The van der Waals surface area contributed by atoms with Crippen molar-refractivity contribution in [3.8, 4) is 11.3 Å². The van der Waals surface area contributed by atoms with Crippen LogP contribution in [0.4, 0.5) is 13.2 Å². The molecule has 1 aliphatic rings. The molecule has 0 saturated heterocycles. The predicted octanol–water partition coefficient (Wildman–Crippen LogP) is 6.67. The molecule has 6 nitrogen and oxygen atoms in total. The topological polar surface area (TPSA) is 80.6 Å². The smallest absolute Gasteiger partial charge is 0.358 e. The van der Waals surface area contributed by atoms with Crippen molar-refractivity contribution in [1.29, 1.82) is 0 Å². The second kappa shape index (κ2) is 11.0. The fourth-order valence-electron chi connectivity index (χ4n) is 5.60. The Morgan fingerprint density at radius 3 is 2.43 bits per heavy atom. The number of pyridine rings is 1. The average Bonchev–Trinajstić information content (AvgIpc) is 3.67. The Bertz CT molecular complexity index is 1750. The van der Waals surface area contributed by atoms with E-state index in [-0.39, 0.29) is 29.7 Å². The molecule has 0 spiro atoms. The molecule has 1 saturated carbocycles. The van der Waals surface area contributed by atoms with Gasteiger partial charge in [-0.2, -0.15) is 13.2 Å². The van der Waals surface area contributed by atoms with Crippen molar-refractivity contribution in [2.75, 3.05) is 0 Å². The van der Waals surface area contributed by atoms with Crippen LogP contribution in [0.25, 0.3) is 22.2 Å². The molecule has 1 aliphatic carbocycles. The maximum atomic E-state index is 13.7. The number of Topliss-reactive ketones (excluding diaryl/α,β-unsaturated/α-hetero) is 1. The van der Waals surface area contributed by atoms with E-state index in [1.165, 1.54) is 4.57 Å². The quantitative estimate of drug-likeness (QED) is 0.203. The zero-order chi connectivity index (χ0) is 29.3. The highest BCUT2D eigenvalue weighted by atomic mass is 19.4. The van der Waals surface area contributed by atoms with Gasteiger partial charge >= 0.3 is 6.18 Å². The van der Waals surface area contributed by atoms with Gasteiger partial charge in [0.1, 0.15) is 5.69 Å². The Labute approximate surface area is 240 Å². The lowest BCUT2D eigenvalue weighted by molar-refractivity contribution is -0.137. The summed E-state index contributed by atoms with van der Waals surface area (Å²) in [6.45, 7) is -0.0790. The number of H-pyrrole nitrogens is 1. The van der Waals surface area contributed by atoms with E-state index in [2.05, 4.69) is 15.0 Å². The van der Waals surface area contributed by atoms with Crippen LogP contribution in [0.15, 0.2) is 90.1 Å². The number of hydrogen-bond acceptors (Lipinski definition) is 4. The van der Waals surface area contributed by atoms with Gasteiger partial charge in [-0.25, -0.2) is 0 Å². The largest absolute Gasteiger partial charge is 0.416 e. The minimum atomic E-state index is -4.38. The van der Waals surface area contributed by atoms with E-state index in [0.29, 0.717) is 30.7 Å². The molecule has 0 radical (unpaired) electrons. The highest BCUT2D eigenvalue weighted by Crippen LogP contribution is 2.51. The molecule has 0 unspecified atom stereocenters. The fourth-order valence-corrected chi connectivity index (χ4v) is 5.60. The van der Waals surface area contributed by atoms with Crippen LogP contribution >= 0.6 is 0 Å². The zero-order valence-corrected chi connectivity index (χ0v) is 22.8. The van der Waals surface area contributed by atoms with Gasteiger partial charge in [-0.1, -0.05) is 42.5 Å². The summed E-state index contributed by atoms with van der Waals surface area (Å²) in [5.41, 5.74) is 3.19. The molecule has 2 aromatic carbocycles. The summed E-state index contributed by atoms with van der Waals surface area (Å²) in [5.74, 6) is -0.0772. The Hall–Kier alpha value is -4.53. The van der Waals surface area contributed by atoms with Crippen molar-refractivity contribution in [3.63, 3.8) is 0 Å². The van der Waals surface area contributed by atoms with E-state index >= 15 is 0 Å². The number of aromatic amines is 1. The first-order valence-corrected chi connectivity index (χ1v) is 14.0. The third-order valence-corrected chi connectivity index (χ3v) is 8.20. The Morgan fingerprint density at radius 2 is 1.74 bits per heavy atom. The predicted molar refractivity (Wildman–Crippen MR) is 154 cm³/mol. The second-order valence-corrected chi connectivity index (χ2v) is 11.0. The Kier molecular flexibility index (Phi) is 7.26. The molecule has 6 rings (SSSR count). The number of carbonyl (C=O) groups excluding carboxylic acids is 1. The molecular formula is C33H29F3N4O2. The molecular weight excluding hydrogens is 541 g/mol. The summed E-state index contributed by atoms with van der Waals surface area (Å²) in [5, 5.41) is 0.978. The van der Waals surface area contributed by atoms with Gasteiger partial charge in [-0.05, 0) is 72.9 Å². The Morgan fingerprint density at radius 1 is 0.976 bits per heavy atom. The summed E-state index contributed by atoms with van der Waals surface area (Å²) in [4.78, 5) is 38.8. The minimum absolute atomic E-state index is 0.0772. The number of alkyl halides is 3. The van der Waals surface area contributed by atoms with Crippen LogP contribution in [0, 0.1) is 0 Å². The van der Waals surface area contributed by atoms with Crippen molar-refractivity contribution in [2.24, 2.45) is 0 Å². The monoisotopic (exact) mass is 570 g/mol. The molecule has 1 fully saturated rings. The van der Waals surface area contributed by atoms with Crippen molar-refractivity contribution in [3.05, 3.63) is 118 Å². The molecule has 9 heteroatoms. The van der Waals surface area contributed by atoms with Gasteiger partial charge < -0.3 is 4.98 Å². The molecule has 214 valence electrons. The normalized spacial score (nSPS) is 14.3. The first-order valence-electron chi connectivity index (χ1n) is 14.0. The first kappa shape index (κ1) is 27.6. The first-order chi connectivity index (χ1) is 20.2. The number of aromatic nitrogens is 4. The number of rotatable bonds is 10. The van der Waals surface area contributed by atoms with E-state index in [4.69, 9.17) is 0 Å². The molecule has 3 aromatic heterocycles. The summed E-state index contributed by atoms with van der Waals surface area (Å²) < 4.78 is 40.6. The lowest BCUT2D eigenvalue weighted by Crippen LogP contribution is -2.30.